The topological polar surface area (TPSA) is 49.4 Å². The summed E-state index contributed by atoms with van der Waals surface area (Å²) in [4.78, 5) is 2.91. The Balaban J connectivity index is 1.80. The van der Waals surface area contributed by atoms with E-state index < -0.39 is 10.0 Å². The van der Waals surface area contributed by atoms with E-state index in [9.17, 15) is 8.42 Å². The molecule has 0 aromatic heterocycles. The second-order valence-corrected chi connectivity index (χ2v) is 8.71. The summed E-state index contributed by atoms with van der Waals surface area (Å²) in [5.41, 5.74) is 2.76. The van der Waals surface area contributed by atoms with Crippen LogP contribution in [-0.4, -0.2) is 38.0 Å². The van der Waals surface area contributed by atoms with Crippen LogP contribution >= 0.6 is 0 Å². The van der Waals surface area contributed by atoms with E-state index in [0.29, 0.717) is 17.0 Å². The van der Waals surface area contributed by atoms with Crippen LogP contribution in [0.1, 0.15) is 42.9 Å². The maximum Gasteiger partial charge on any atom is 0.241 e. The van der Waals surface area contributed by atoms with Crippen molar-refractivity contribution >= 4 is 10.0 Å². The van der Waals surface area contributed by atoms with Crippen molar-refractivity contribution in [3.05, 3.63) is 28.8 Å². The first-order valence-electron chi connectivity index (χ1n) is 8.14. The van der Waals surface area contributed by atoms with E-state index in [2.05, 4.69) is 16.5 Å². The summed E-state index contributed by atoms with van der Waals surface area (Å²) in [5.74, 6) is 0. The van der Waals surface area contributed by atoms with Gasteiger partial charge in [-0.1, -0.05) is 17.7 Å². The van der Waals surface area contributed by atoms with E-state index in [-0.39, 0.29) is 6.04 Å². The van der Waals surface area contributed by atoms with Crippen LogP contribution in [0.5, 0.6) is 0 Å². The number of aryl methyl sites for hydroxylation is 3. The SMILES string of the molecule is Cc1cc(C)c(S(=O)(=O)N[C@H]2C[C@@H](C)N(C3CC3)C2)c(C)c1. The maximum absolute atomic E-state index is 12.8. The van der Waals surface area contributed by atoms with Crippen molar-refractivity contribution in [2.75, 3.05) is 6.54 Å². The molecule has 1 N–H and O–H groups in total. The highest BCUT2D eigenvalue weighted by molar-refractivity contribution is 7.89. The third-order valence-electron chi connectivity index (χ3n) is 4.83. The zero-order chi connectivity index (χ0) is 16.1. The van der Waals surface area contributed by atoms with Crippen molar-refractivity contribution in [2.45, 2.75) is 70.0 Å². The van der Waals surface area contributed by atoms with Crippen LogP contribution in [0.25, 0.3) is 0 Å². The molecule has 122 valence electrons. The summed E-state index contributed by atoms with van der Waals surface area (Å²) in [6, 6.07) is 5.07. The van der Waals surface area contributed by atoms with E-state index in [1.165, 1.54) is 12.8 Å². The summed E-state index contributed by atoms with van der Waals surface area (Å²) >= 11 is 0. The van der Waals surface area contributed by atoms with Gasteiger partial charge in [0.05, 0.1) is 4.90 Å². The molecule has 1 aliphatic carbocycles. The van der Waals surface area contributed by atoms with E-state index in [4.69, 9.17) is 0 Å². The molecule has 5 heteroatoms. The molecule has 0 bridgehead atoms. The minimum Gasteiger partial charge on any atom is -0.296 e. The van der Waals surface area contributed by atoms with Gasteiger partial charge >= 0.3 is 0 Å². The third kappa shape index (κ3) is 3.07. The van der Waals surface area contributed by atoms with Gasteiger partial charge in [-0.2, -0.15) is 0 Å². The van der Waals surface area contributed by atoms with Crippen molar-refractivity contribution in [3.8, 4) is 0 Å². The van der Waals surface area contributed by atoms with Gasteiger partial charge in [0, 0.05) is 24.7 Å². The number of hydrogen-bond donors (Lipinski definition) is 1. The Hall–Kier alpha value is -0.910. The van der Waals surface area contributed by atoms with Gasteiger partial charge in [-0.15, -0.1) is 0 Å². The second kappa shape index (κ2) is 5.62. The Bertz CT molecular complexity index is 657. The van der Waals surface area contributed by atoms with Crippen molar-refractivity contribution in [1.82, 2.24) is 9.62 Å². The van der Waals surface area contributed by atoms with Crippen LogP contribution in [0.4, 0.5) is 0 Å². The zero-order valence-electron chi connectivity index (χ0n) is 13.9. The van der Waals surface area contributed by atoms with E-state index in [1.54, 1.807) is 0 Å². The lowest BCUT2D eigenvalue weighted by molar-refractivity contribution is 0.256. The molecule has 2 fully saturated rings. The molecule has 1 aromatic carbocycles. The van der Waals surface area contributed by atoms with Crippen LogP contribution in [0.3, 0.4) is 0 Å². The number of sulfonamides is 1. The van der Waals surface area contributed by atoms with Crippen LogP contribution < -0.4 is 4.72 Å². The largest absolute Gasteiger partial charge is 0.296 e. The van der Waals surface area contributed by atoms with Gasteiger partial charge in [0.1, 0.15) is 0 Å². The lowest BCUT2D eigenvalue weighted by Crippen LogP contribution is -2.38. The predicted molar refractivity (Wildman–Crippen MR) is 88.6 cm³/mol. The molecule has 0 radical (unpaired) electrons. The highest BCUT2D eigenvalue weighted by Crippen LogP contribution is 2.34. The highest BCUT2D eigenvalue weighted by atomic mass is 32.2. The number of likely N-dealkylation sites (tertiary alicyclic amines) is 1. The molecule has 1 saturated carbocycles. The predicted octanol–water partition coefficient (Wildman–Crippen LogP) is 2.52. The summed E-state index contributed by atoms with van der Waals surface area (Å²) in [7, 11) is -3.45. The average Bonchev–Trinajstić information content (AvgIpc) is 3.12. The van der Waals surface area contributed by atoms with Crippen LogP contribution in [0.15, 0.2) is 17.0 Å². The first-order valence-corrected chi connectivity index (χ1v) is 9.62. The monoisotopic (exact) mass is 322 g/mol. The highest BCUT2D eigenvalue weighted by Gasteiger charge is 2.40. The molecule has 0 unspecified atom stereocenters. The molecule has 1 saturated heterocycles. The Morgan fingerprint density at radius 1 is 1.14 bits per heavy atom. The maximum atomic E-state index is 12.8. The average molecular weight is 322 g/mol. The first kappa shape index (κ1) is 16.0. The molecule has 2 aliphatic rings. The quantitative estimate of drug-likeness (QED) is 0.926. The minimum atomic E-state index is -3.45. The van der Waals surface area contributed by atoms with Crippen LogP contribution in [0.2, 0.25) is 0 Å². The molecule has 0 spiro atoms. The molecule has 3 rings (SSSR count). The number of hydrogen-bond acceptors (Lipinski definition) is 3. The first-order chi connectivity index (χ1) is 10.3. The van der Waals surface area contributed by atoms with Crippen LogP contribution in [-0.2, 0) is 10.0 Å². The molecule has 1 heterocycles. The smallest absolute Gasteiger partial charge is 0.241 e. The lowest BCUT2D eigenvalue weighted by atomic mass is 10.1. The Morgan fingerprint density at radius 2 is 1.73 bits per heavy atom. The summed E-state index contributed by atoms with van der Waals surface area (Å²) in [6.45, 7) is 8.80. The van der Waals surface area contributed by atoms with Crippen molar-refractivity contribution < 1.29 is 8.42 Å². The summed E-state index contributed by atoms with van der Waals surface area (Å²) < 4.78 is 28.6. The normalized spacial score (nSPS) is 26.5. The fraction of sp³-hybridized carbons (Fsp3) is 0.647. The summed E-state index contributed by atoms with van der Waals surface area (Å²) in [5, 5.41) is 0. The lowest BCUT2D eigenvalue weighted by Gasteiger charge is -2.20. The number of rotatable bonds is 4. The van der Waals surface area contributed by atoms with Gasteiger partial charge in [-0.3, -0.25) is 4.90 Å². The minimum absolute atomic E-state index is 0.0284. The van der Waals surface area contributed by atoms with E-state index in [0.717, 1.165) is 29.7 Å². The van der Waals surface area contributed by atoms with Gasteiger partial charge in [-0.25, -0.2) is 13.1 Å². The third-order valence-corrected chi connectivity index (χ3v) is 6.66. The fourth-order valence-corrected chi connectivity index (χ4v) is 5.62. The van der Waals surface area contributed by atoms with E-state index in [1.807, 2.05) is 32.9 Å². The van der Waals surface area contributed by atoms with Crippen molar-refractivity contribution in [1.29, 1.82) is 0 Å². The molecule has 22 heavy (non-hydrogen) atoms. The van der Waals surface area contributed by atoms with Crippen molar-refractivity contribution in [3.63, 3.8) is 0 Å². The molecular weight excluding hydrogens is 296 g/mol. The van der Waals surface area contributed by atoms with Gasteiger partial charge in [0.25, 0.3) is 0 Å². The number of nitrogens with zero attached hydrogens (tertiary/aromatic N) is 1. The van der Waals surface area contributed by atoms with E-state index >= 15 is 0 Å². The molecule has 1 aliphatic heterocycles. The Kier molecular flexibility index (Phi) is 4.08. The number of nitrogens with one attached hydrogen (secondary N) is 1. The van der Waals surface area contributed by atoms with Gasteiger partial charge in [0.15, 0.2) is 0 Å². The second-order valence-electron chi connectivity index (χ2n) is 7.06. The molecule has 2 atom stereocenters. The van der Waals surface area contributed by atoms with Gasteiger partial charge in [-0.05, 0) is 58.1 Å². The molecule has 0 amide bonds. The standard InChI is InChI=1S/C17H26N2O2S/c1-11-7-12(2)17(13(3)8-11)22(20,21)18-15-9-14(4)19(10-15)16-5-6-16/h7-8,14-16,18H,5-6,9-10H2,1-4H3/t14-,15+/m1/s1. The van der Waals surface area contributed by atoms with Crippen LogP contribution in [0, 0.1) is 20.8 Å². The van der Waals surface area contributed by atoms with Gasteiger partial charge < -0.3 is 0 Å². The molecule has 1 aromatic rings. The number of benzene rings is 1. The molecular formula is C17H26N2O2S. The van der Waals surface area contributed by atoms with Gasteiger partial charge in [0.2, 0.25) is 10.0 Å². The Labute approximate surface area is 134 Å². The zero-order valence-corrected chi connectivity index (χ0v) is 14.7. The molecule has 4 nitrogen and oxygen atoms in total. The summed E-state index contributed by atoms with van der Waals surface area (Å²) in [6.07, 6.45) is 3.43. The Morgan fingerprint density at radius 3 is 2.27 bits per heavy atom. The fourth-order valence-electron chi connectivity index (χ4n) is 3.93. The van der Waals surface area contributed by atoms with Crippen molar-refractivity contribution in [2.24, 2.45) is 0 Å².